The van der Waals surface area contributed by atoms with Gasteiger partial charge in [0.1, 0.15) is 0 Å². The molecule has 0 fully saturated rings. The van der Waals surface area contributed by atoms with Crippen molar-refractivity contribution in [3.05, 3.63) is 168 Å². The van der Waals surface area contributed by atoms with E-state index in [4.69, 9.17) is 0 Å². The average Bonchev–Trinajstić information content (AvgIpc) is 4.00. The molecule has 0 radical (unpaired) electrons. The van der Waals surface area contributed by atoms with Gasteiger partial charge in [0.25, 0.3) is 0 Å². The van der Waals surface area contributed by atoms with Crippen LogP contribution >= 0.6 is 0 Å². The highest BCUT2D eigenvalue weighted by atomic mass is 19.4. The molecule has 12 rings (SSSR count). The Bertz CT molecular complexity index is 3810. The van der Waals surface area contributed by atoms with E-state index in [2.05, 4.69) is 85.0 Å². The quantitative estimate of drug-likeness (QED) is 0.178. The number of aromatic nitrogens is 4. The molecule has 62 heavy (non-hydrogen) atoms. The van der Waals surface area contributed by atoms with Gasteiger partial charge < -0.3 is 18.3 Å². The molecule has 12 aromatic rings. The summed E-state index contributed by atoms with van der Waals surface area (Å²) in [5.74, 6) is 0. The Morgan fingerprint density at radius 2 is 0.855 bits per heavy atom. The number of hydrogen-bond donors (Lipinski definition) is 0. The van der Waals surface area contributed by atoms with Crippen LogP contribution < -0.4 is 0 Å². The van der Waals surface area contributed by atoms with Gasteiger partial charge in [-0.05, 0) is 72.3 Å². The molecule has 0 atom stereocenters. The van der Waals surface area contributed by atoms with E-state index in [9.17, 15) is 23.7 Å². The molecule has 4 aromatic heterocycles. The summed E-state index contributed by atoms with van der Waals surface area (Å²) in [6, 6.07) is 52.4. The molecule has 0 saturated heterocycles. The van der Waals surface area contributed by atoms with E-state index < -0.39 is 11.7 Å². The second-order valence-electron chi connectivity index (χ2n) is 16.0. The number of nitriles is 2. The monoisotopic (exact) mass is 808 g/mol. The van der Waals surface area contributed by atoms with Crippen molar-refractivity contribution in [2.24, 2.45) is 14.1 Å². The van der Waals surface area contributed by atoms with E-state index in [0.29, 0.717) is 22.5 Å². The Hall–Kier alpha value is -8.27. The Morgan fingerprint density at radius 1 is 0.435 bits per heavy atom. The number of halogens is 3. The van der Waals surface area contributed by atoms with Crippen LogP contribution in [-0.2, 0) is 20.3 Å². The van der Waals surface area contributed by atoms with E-state index in [-0.39, 0.29) is 11.1 Å². The van der Waals surface area contributed by atoms with Crippen molar-refractivity contribution in [3.63, 3.8) is 0 Å². The fourth-order valence-corrected chi connectivity index (χ4v) is 10.2. The van der Waals surface area contributed by atoms with Crippen LogP contribution in [0.5, 0.6) is 0 Å². The average molecular weight is 809 g/mol. The summed E-state index contributed by atoms with van der Waals surface area (Å²) in [5.41, 5.74) is 8.24. The predicted molar refractivity (Wildman–Crippen MR) is 243 cm³/mol. The van der Waals surface area contributed by atoms with Crippen molar-refractivity contribution in [1.29, 1.82) is 10.5 Å². The summed E-state index contributed by atoms with van der Waals surface area (Å²) in [6.45, 7) is 0. The summed E-state index contributed by atoms with van der Waals surface area (Å²) in [7, 11) is 4.07. The van der Waals surface area contributed by atoms with Crippen molar-refractivity contribution in [2.45, 2.75) is 6.18 Å². The molecule has 0 aliphatic rings. The minimum absolute atomic E-state index is 0.131. The number of rotatable bonds is 3. The number of para-hydroxylation sites is 4. The molecule has 8 aromatic carbocycles. The Morgan fingerprint density at radius 3 is 1.31 bits per heavy atom. The largest absolute Gasteiger partial charge is 0.416 e. The van der Waals surface area contributed by atoms with E-state index in [1.165, 1.54) is 6.07 Å². The first-order valence-corrected chi connectivity index (χ1v) is 20.2. The van der Waals surface area contributed by atoms with Gasteiger partial charge in [-0.3, -0.25) is 0 Å². The number of alkyl halides is 3. The second kappa shape index (κ2) is 12.6. The lowest BCUT2D eigenvalue weighted by Gasteiger charge is -2.22. The first kappa shape index (κ1) is 35.7. The lowest BCUT2D eigenvalue weighted by atomic mass is 9.94. The predicted octanol–water partition coefficient (Wildman–Crippen LogP) is 13.6. The smallest absolute Gasteiger partial charge is 0.344 e. The van der Waals surface area contributed by atoms with E-state index in [1.54, 1.807) is 12.1 Å². The molecule has 0 aliphatic heterocycles. The number of benzene rings is 8. The highest BCUT2D eigenvalue weighted by Gasteiger charge is 2.33. The van der Waals surface area contributed by atoms with Crippen molar-refractivity contribution >= 4 is 87.2 Å². The molecule has 0 amide bonds. The first-order chi connectivity index (χ1) is 30.2. The Balaban J connectivity index is 1.36. The van der Waals surface area contributed by atoms with Crippen molar-refractivity contribution in [1.82, 2.24) is 18.3 Å². The molecule has 0 saturated carbocycles. The van der Waals surface area contributed by atoms with Crippen LogP contribution in [0, 0.1) is 22.7 Å². The third-order valence-electron chi connectivity index (χ3n) is 12.8. The fraction of sp³-hybridized carbons (Fsp3) is 0.0566. The molecule has 9 heteroatoms. The zero-order chi connectivity index (χ0) is 42.2. The summed E-state index contributed by atoms with van der Waals surface area (Å²) in [6.07, 6.45) is -4.75. The highest BCUT2D eigenvalue weighted by Crippen LogP contribution is 2.48. The third kappa shape index (κ3) is 4.73. The molecule has 0 bridgehead atoms. The van der Waals surface area contributed by atoms with Crippen LogP contribution in [0.4, 0.5) is 13.2 Å². The summed E-state index contributed by atoms with van der Waals surface area (Å²) >= 11 is 0. The SMILES string of the molecule is Cn1c2ccccc2c2c1ccc1c3ccccc3n(-c3cc(C#N)cc(-n4c5ccccc5c5ccc6c(c7ccccc7n6C)c54)c3-c3cc(C#N)cc(C(F)(F)F)c3)c12. The normalized spacial score (nSPS) is 12.2. The molecule has 0 spiro atoms. The molecule has 294 valence electrons. The minimum atomic E-state index is -4.75. The summed E-state index contributed by atoms with van der Waals surface area (Å²) < 4.78 is 53.5. The third-order valence-corrected chi connectivity index (χ3v) is 12.8. The molecule has 6 nitrogen and oxygen atoms in total. The molecule has 0 unspecified atom stereocenters. The number of nitrogens with zero attached hydrogens (tertiary/aromatic N) is 6. The van der Waals surface area contributed by atoms with E-state index in [1.807, 2.05) is 80.8 Å². The van der Waals surface area contributed by atoms with E-state index in [0.717, 1.165) is 99.4 Å². The van der Waals surface area contributed by atoms with Gasteiger partial charge in [-0.2, -0.15) is 23.7 Å². The minimum Gasteiger partial charge on any atom is -0.344 e. The maximum absolute atomic E-state index is 15.0. The first-order valence-electron chi connectivity index (χ1n) is 20.2. The van der Waals surface area contributed by atoms with Gasteiger partial charge in [-0.1, -0.05) is 84.9 Å². The lowest BCUT2D eigenvalue weighted by molar-refractivity contribution is -0.137. The Labute approximate surface area is 351 Å². The van der Waals surface area contributed by atoms with Crippen LogP contribution in [0.2, 0.25) is 0 Å². The molecule has 0 aliphatic carbocycles. The standard InChI is InChI=1S/C53H31F3N6/c1-59-40-15-7-5-13-38(40)49-44(59)21-19-36-34-11-3-9-17-42(34)61(51(36)49)46-25-31(29-58)26-47(48(46)32-23-30(28-57)24-33(27-32)53(54,55)56)62-43-18-10-4-12-35(43)37-20-22-45-50(52(37)62)39-14-6-8-16-41(39)60(45)2/h3-27H,1-2H3. The number of hydrogen-bond acceptors (Lipinski definition) is 2. The van der Waals surface area contributed by atoms with Gasteiger partial charge in [-0.25, -0.2) is 0 Å². The molecular weight excluding hydrogens is 778 g/mol. The van der Waals surface area contributed by atoms with Crippen LogP contribution in [0.1, 0.15) is 16.7 Å². The van der Waals surface area contributed by atoms with Crippen molar-refractivity contribution in [3.8, 4) is 34.6 Å². The van der Waals surface area contributed by atoms with Gasteiger partial charge in [0.15, 0.2) is 0 Å². The Kier molecular flexibility index (Phi) is 7.26. The maximum Gasteiger partial charge on any atom is 0.416 e. The topological polar surface area (TPSA) is 67.3 Å². The van der Waals surface area contributed by atoms with Gasteiger partial charge in [0.2, 0.25) is 0 Å². The van der Waals surface area contributed by atoms with Crippen LogP contribution in [-0.4, -0.2) is 18.3 Å². The molecule has 0 N–H and O–H groups in total. The number of fused-ring (bicyclic) bond motifs is 14. The summed E-state index contributed by atoms with van der Waals surface area (Å²) in [5, 5.41) is 29.1. The van der Waals surface area contributed by atoms with E-state index >= 15 is 0 Å². The zero-order valence-electron chi connectivity index (χ0n) is 33.3. The van der Waals surface area contributed by atoms with Gasteiger partial charge in [0, 0.05) is 73.8 Å². The zero-order valence-corrected chi connectivity index (χ0v) is 33.3. The maximum atomic E-state index is 15.0. The van der Waals surface area contributed by atoms with Crippen LogP contribution in [0.25, 0.3) is 110 Å². The van der Waals surface area contributed by atoms with Crippen molar-refractivity contribution < 1.29 is 13.2 Å². The van der Waals surface area contributed by atoms with Crippen LogP contribution in [0.15, 0.2) is 152 Å². The van der Waals surface area contributed by atoms with Gasteiger partial charge in [0.05, 0.1) is 73.3 Å². The van der Waals surface area contributed by atoms with Crippen LogP contribution in [0.3, 0.4) is 0 Å². The van der Waals surface area contributed by atoms with Gasteiger partial charge >= 0.3 is 6.18 Å². The number of aryl methyl sites for hydroxylation is 2. The summed E-state index contributed by atoms with van der Waals surface area (Å²) in [4.78, 5) is 0. The molecule has 4 heterocycles. The van der Waals surface area contributed by atoms with Crippen molar-refractivity contribution in [2.75, 3.05) is 0 Å². The van der Waals surface area contributed by atoms with Gasteiger partial charge in [-0.15, -0.1) is 0 Å². The lowest BCUT2D eigenvalue weighted by Crippen LogP contribution is -2.08. The second-order valence-corrected chi connectivity index (χ2v) is 16.0. The highest BCUT2D eigenvalue weighted by molar-refractivity contribution is 6.27. The fourth-order valence-electron chi connectivity index (χ4n) is 10.2. The molecular formula is C53H31F3N6.